The second-order valence-electron chi connectivity index (χ2n) is 6.11. The van der Waals surface area contributed by atoms with Crippen LogP contribution in [0.5, 0.6) is 0 Å². The van der Waals surface area contributed by atoms with Gasteiger partial charge in [0.15, 0.2) is 0 Å². The molecule has 0 fully saturated rings. The first-order chi connectivity index (χ1) is 8.54. The normalized spacial score (nSPS) is 11.8. The molecule has 2 heteroatoms. The molecule has 104 valence electrons. The lowest BCUT2D eigenvalue weighted by Crippen LogP contribution is -2.07. The van der Waals surface area contributed by atoms with Crippen molar-refractivity contribution in [1.82, 2.24) is 0 Å². The quantitative estimate of drug-likeness (QED) is 0.585. The minimum Gasteiger partial charge on any atom is -0.377 e. The van der Waals surface area contributed by atoms with Crippen molar-refractivity contribution >= 4 is 16.3 Å². The van der Waals surface area contributed by atoms with Crippen molar-refractivity contribution in [3.63, 3.8) is 0 Å². The summed E-state index contributed by atoms with van der Waals surface area (Å²) >= 11 is 1.90. The van der Waals surface area contributed by atoms with Crippen LogP contribution in [0, 0.1) is 0 Å². The van der Waals surface area contributed by atoms with Crippen LogP contribution in [0.1, 0.15) is 71.1 Å². The van der Waals surface area contributed by atoms with Crippen LogP contribution >= 0.6 is 11.3 Å². The Morgan fingerprint density at radius 3 is 2.28 bits per heavy atom. The molecule has 1 aromatic heterocycles. The number of hydrogen-bond acceptors (Lipinski definition) is 2. The third-order valence-electron chi connectivity index (χ3n) is 3.17. The van der Waals surface area contributed by atoms with E-state index < -0.39 is 0 Å². The Kier molecular flexibility index (Phi) is 6.77. The Morgan fingerprint density at radius 1 is 1.00 bits per heavy atom. The van der Waals surface area contributed by atoms with Gasteiger partial charge in [-0.1, -0.05) is 59.8 Å². The summed E-state index contributed by atoms with van der Waals surface area (Å²) in [4.78, 5) is 1.47. The van der Waals surface area contributed by atoms with Crippen LogP contribution in [0.3, 0.4) is 0 Å². The zero-order valence-corrected chi connectivity index (χ0v) is 13.3. The van der Waals surface area contributed by atoms with Crippen molar-refractivity contribution in [2.75, 3.05) is 11.9 Å². The van der Waals surface area contributed by atoms with E-state index in [1.54, 1.807) is 0 Å². The zero-order valence-electron chi connectivity index (χ0n) is 12.5. The van der Waals surface area contributed by atoms with E-state index in [0.717, 1.165) is 6.54 Å². The van der Waals surface area contributed by atoms with Crippen LogP contribution < -0.4 is 5.32 Å². The summed E-state index contributed by atoms with van der Waals surface area (Å²) in [5.41, 5.74) is 0.282. The second kappa shape index (κ2) is 7.83. The highest BCUT2D eigenvalue weighted by molar-refractivity contribution is 7.16. The maximum atomic E-state index is 3.55. The Hall–Kier alpha value is -0.500. The van der Waals surface area contributed by atoms with E-state index in [1.807, 2.05) is 11.3 Å². The highest BCUT2D eigenvalue weighted by Gasteiger charge is 2.15. The van der Waals surface area contributed by atoms with Gasteiger partial charge in [0.05, 0.1) is 5.00 Å². The fourth-order valence-electron chi connectivity index (χ4n) is 1.95. The van der Waals surface area contributed by atoms with Crippen molar-refractivity contribution in [2.24, 2.45) is 0 Å². The minimum atomic E-state index is 0.282. The second-order valence-corrected chi connectivity index (χ2v) is 7.19. The average molecular weight is 267 g/mol. The van der Waals surface area contributed by atoms with Crippen LogP contribution in [0.4, 0.5) is 5.00 Å². The van der Waals surface area contributed by atoms with Crippen LogP contribution in [0.15, 0.2) is 12.1 Å². The van der Waals surface area contributed by atoms with Gasteiger partial charge in [0, 0.05) is 11.4 Å². The third kappa shape index (κ3) is 5.90. The molecule has 0 bridgehead atoms. The molecule has 1 heterocycles. The Morgan fingerprint density at radius 2 is 1.67 bits per heavy atom. The molecule has 18 heavy (non-hydrogen) atoms. The van der Waals surface area contributed by atoms with E-state index in [2.05, 4.69) is 45.1 Å². The Bertz CT molecular complexity index is 322. The summed E-state index contributed by atoms with van der Waals surface area (Å²) in [5.74, 6) is 0. The largest absolute Gasteiger partial charge is 0.377 e. The lowest BCUT2D eigenvalue weighted by atomic mass is 9.95. The zero-order chi connectivity index (χ0) is 13.4. The Labute approximate surface area is 117 Å². The first kappa shape index (κ1) is 15.6. The van der Waals surface area contributed by atoms with Gasteiger partial charge in [-0.15, -0.1) is 11.3 Å². The SMILES string of the molecule is CCCCCCCCNc1ccc(C(C)(C)C)s1. The average Bonchev–Trinajstić information content (AvgIpc) is 2.76. The van der Waals surface area contributed by atoms with Crippen LogP contribution in [-0.4, -0.2) is 6.54 Å². The van der Waals surface area contributed by atoms with Gasteiger partial charge >= 0.3 is 0 Å². The lowest BCUT2D eigenvalue weighted by Gasteiger charge is -2.15. The van der Waals surface area contributed by atoms with Crippen molar-refractivity contribution < 1.29 is 0 Å². The van der Waals surface area contributed by atoms with E-state index in [1.165, 1.54) is 48.4 Å². The number of anilines is 1. The molecule has 0 aromatic carbocycles. The van der Waals surface area contributed by atoms with Gasteiger partial charge in [-0.2, -0.15) is 0 Å². The maximum absolute atomic E-state index is 3.55. The van der Waals surface area contributed by atoms with Gasteiger partial charge in [0.25, 0.3) is 0 Å². The van der Waals surface area contributed by atoms with Crippen molar-refractivity contribution in [1.29, 1.82) is 0 Å². The number of nitrogens with one attached hydrogen (secondary N) is 1. The van der Waals surface area contributed by atoms with Crippen LogP contribution in [0.25, 0.3) is 0 Å². The number of thiophene rings is 1. The van der Waals surface area contributed by atoms with E-state index in [0.29, 0.717) is 0 Å². The van der Waals surface area contributed by atoms with Gasteiger partial charge in [0.2, 0.25) is 0 Å². The van der Waals surface area contributed by atoms with Gasteiger partial charge < -0.3 is 5.32 Å². The van der Waals surface area contributed by atoms with Gasteiger partial charge in [-0.25, -0.2) is 0 Å². The Balaban J connectivity index is 2.14. The molecule has 0 spiro atoms. The number of hydrogen-bond donors (Lipinski definition) is 1. The summed E-state index contributed by atoms with van der Waals surface area (Å²) in [7, 11) is 0. The van der Waals surface area contributed by atoms with Gasteiger partial charge in [-0.05, 0) is 24.0 Å². The van der Waals surface area contributed by atoms with Crippen molar-refractivity contribution in [3.8, 4) is 0 Å². The molecule has 1 rings (SSSR count). The molecule has 0 unspecified atom stereocenters. The summed E-state index contributed by atoms with van der Waals surface area (Å²) in [5, 5.41) is 4.87. The molecule has 1 nitrogen and oxygen atoms in total. The first-order valence-electron chi connectivity index (χ1n) is 7.38. The summed E-state index contributed by atoms with van der Waals surface area (Å²) in [6.45, 7) is 10.2. The summed E-state index contributed by atoms with van der Waals surface area (Å²) < 4.78 is 0. The lowest BCUT2D eigenvalue weighted by molar-refractivity contribution is 0.604. The molecule has 0 aliphatic heterocycles. The molecule has 0 atom stereocenters. The summed E-state index contributed by atoms with van der Waals surface area (Å²) in [6, 6.07) is 4.48. The topological polar surface area (TPSA) is 12.0 Å². The molecule has 0 amide bonds. The van der Waals surface area contributed by atoms with E-state index in [-0.39, 0.29) is 5.41 Å². The van der Waals surface area contributed by atoms with Crippen LogP contribution in [0.2, 0.25) is 0 Å². The van der Waals surface area contributed by atoms with Gasteiger partial charge in [0.1, 0.15) is 0 Å². The van der Waals surface area contributed by atoms with Crippen molar-refractivity contribution in [3.05, 3.63) is 17.0 Å². The molecule has 1 N–H and O–H groups in total. The van der Waals surface area contributed by atoms with Crippen LogP contribution in [-0.2, 0) is 5.41 Å². The molecule has 0 radical (unpaired) electrons. The highest BCUT2D eigenvalue weighted by Crippen LogP contribution is 2.32. The first-order valence-corrected chi connectivity index (χ1v) is 8.20. The van der Waals surface area contributed by atoms with E-state index in [9.17, 15) is 0 Å². The highest BCUT2D eigenvalue weighted by atomic mass is 32.1. The number of unbranched alkanes of at least 4 members (excludes halogenated alkanes) is 5. The molecule has 1 aromatic rings. The fourth-order valence-corrected chi connectivity index (χ4v) is 2.94. The molecular formula is C16H29NS. The number of rotatable bonds is 8. The molecule has 0 saturated heterocycles. The minimum absolute atomic E-state index is 0.282. The predicted molar refractivity (Wildman–Crippen MR) is 84.9 cm³/mol. The molecule has 0 saturated carbocycles. The molecular weight excluding hydrogens is 238 g/mol. The molecule has 0 aliphatic rings. The fraction of sp³-hybridized carbons (Fsp3) is 0.750. The molecule has 0 aliphatic carbocycles. The predicted octanol–water partition coefficient (Wildman–Crippen LogP) is 5.82. The smallest absolute Gasteiger partial charge is 0.0885 e. The summed E-state index contributed by atoms with van der Waals surface area (Å²) in [6.07, 6.45) is 8.20. The van der Waals surface area contributed by atoms with E-state index in [4.69, 9.17) is 0 Å². The monoisotopic (exact) mass is 267 g/mol. The van der Waals surface area contributed by atoms with Crippen molar-refractivity contribution in [2.45, 2.75) is 71.6 Å². The standard InChI is InChI=1S/C16H29NS/c1-5-6-7-8-9-10-13-17-15-12-11-14(18-15)16(2,3)4/h11-12,17H,5-10,13H2,1-4H3. The third-order valence-corrected chi connectivity index (χ3v) is 4.64. The van der Waals surface area contributed by atoms with E-state index >= 15 is 0 Å². The maximum Gasteiger partial charge on any atom is 0.0885 e. The van der Waals surface area contributed by atoms with Gasteiger partial charge in [-0.3, -0.25) is 0 Å².